The predicted molar refractivity (Wildman–Crippen MR) is 99.7 cm³/mol. The van der Waals surface area contributed by atoms with Gasteiger partial charge < -0.3 is 5.32 Å². The number of rotatable bonds is 5. The highest BCUT2D eigenvalue weighted by atomic mass is 79.9. The number of anilines is 1. The molecule has 0 radical (unpaired) electrons. The average Bonchev–Trinajstić information content (AvgIpc) is 2.49. The van der Waals surface area contributed by atoms with Crippen molar-refractivity contribution >= 4 is 50.9 Å². The van der Waals surface area contributed by atoms with Crippen molar-refractivity contribution in [3.05, 3.63) is 63.1 Å². The van der Waals surface area contributed by atoms with Gasteiger partial charge in [-0.3, -0.25) is 4.79 Å². The summed E-state index contributed by atoms with van der Waals surface area (Å²) in [6.07, 6.45) is 0. The number of halogens is 2. The number of thioether (sulfide) groups is 1. The summed E-state index contributed by atoms with van der Waals surface area (Å²) in [6.45, 7) is 3.81. The molecule has 0 saturated heterocycles. The number of benzene rings is 2. The maximum Gasteiger partial charge on any atom is 0.237 e. The SMILES string of the molecule is Cc1c(Cl)cccc1NC(=O)[C@H](C)SCc1cccc(Br)c1. The van der Waals surface area contributed by atoms with Crippen LogP contribution in [0, 0.1) is 6.92 Å². The first-order valence-electron chi connectivity index (χ1n) is 6.89. The van der Waals surface area contributed by atoms with Crippen LogP contribution >= 0.6 is 39.3 Å². The first-order chi connectivity index (χ1) is 10.5. The van der Waals surface area contributed by atoms with E-state index in [2.05, 4.69) is 33.4 Å². The van der Waals surface area contributed by atoms with Crippen LogP contribution in [0.25, 0.3) is 0 Å². The Morgan fingerprint density at radius 1 is 1.32 bits per heavy atom. The fourth-order valence-electron chi connectivity index (χ4n) is 1.90. The molecule has 1 amide bonds. The molecule has 0 aliphatic heterocycles. The van der Waals surface area contributed by atoms with Gasteiger partial charge in [-0.25, -0.2) is 0 Å². The molecule has 0 heterocycles. The normalized spacial score (nSPS) is 12.0. The van der Waals surface area contributed by atoms with Crippen molar-refractivity contribution in [2.75, 3.05) is 5.32 Å². The standard InChI is InChI=1S/C17H17BrClNOS/c1-11-15(19)7-4-8-16(11)20-17(21)12(2)22-10-13-5-3-6-14(18)9-13/h3-9,12H,10H2,1-2H3,(H,20,21)/t12-/m0/s1. The molecule has 0 spiro atoms. The molecule has 2 nitrogen and oxygen atoms in total. The van der Waals surface area contributed by atoms with E-state index in [1.807, 2.05) is 44.2 Å². The van der Waals surface area contributed by atoms with Gasteiger partial charge in [0.2, 0.25) is 5.91 Å². The monoisotopic (exact) mass is 397 g/mol. The minimum Gasteiger partial charge on any atom is -0.325 e. The highest BCUT2D eigenvalue weighted by molar-refractivity contribution is 9.10. The van der Waals surface area contributed by atoms with Gasteiger partial charge in [0.15, 0.2) is 0 Å². The van der Waals surface area contributed by atoms with Crippen LogP contribution < -0.4 is 5.32 Å². The minimum absolute atomic E-state index is 0.00892. The van der Waals surface area contributed by atoms with Crippen molar-refractivity contribution in [2.24, 2.45) is 0 Å². The van der Waals surface area contributed by atoms with Crippen LogP contribution in [0.1, 0.15) is 18.1 Å². The van der Waals surface area contributed by atoms with Crippen molar-refractivity contribution in [1.29, 1.82) is 0 Å². The summed E-state index contributed by atoms with van der Waals surface area (Å²) in [5, 5.41) is 3.46. The third-order valence-electron chi connectivity index (χ3n) is 3.28. The molecule has 116 valence electrons. The van der Waals surface area contributed by atoms with Gasteiger partial charge in [0.25, 0.3) is 0 Å². The summed E-state index contributed by atoms with van der Waals surface area (Å²) in [5.74, 6) is 0.785. The first-order valence-corrected chi connectivity index (χ1v) is 9.11. The summed E-state index contributed by atoms with van der Waals surface area (Å²) in [7, 11) is 0. The summed E-state index contributed by atoms with van der Waals surface area (Å²) in [4.78, 5) is 12.3. The smallest absolute Gasteiger partial charge is 0.237 e. The Morgan fingerprint density at radius 2 is 2.05 bits per heavy atom. The van der Waals surface area contributed by atoms with Gasteiger partial charge in [-0.2, -0.15) is 0 Å². The lowest BCUT2D eigenvalue weighted by molar-refractivity contribution is -0.115. The van der Waals surface area contributed by atoms with E-state index < -0.39 is 0 Å². The van der Waals surface area contributed by atoms with Gasteiger partial charge in [-0.1, -0.05) is 45.7 Å². The van der Waals surface area contributed by atoms with Crippen LogP contribution in [0.2, 0.25) is 5.02 Å². The zero-order valence-corrected chi connectivity index (χ0v) is 15.6. The number of hydrogen-bond acceptors (Lipinski definition) is 2. The van der Waals surface area contributed by atoms with E-state index in [1.165, 1.54) is 5.56 Å². The van der Waals surface area contributed by atoms with E-state index in [0.29, 0.717) is 5.02 Å². The second kappa shape index (κ2) is 8.04. The summed E-state index contributed by atoms with van der Waals surface area (Å²) in [5.41, 5.74) is 2.85. The van der Waals surface area contributed by atoms with E-state index in [1.54, 1.807) is 11.8 Å². The van der Waals surface area contributed by atoms with E-state index in [4.69, 9.17) is 11.6 Å². The number of amides is 1. The molecule has 22 heavy (non-hydrogen) atoms. The molecule has 0 fully saturated rings. The molecule has 5 heteroatoms. The fourth-order valence-corrected chi connectivity index (χ4v) is 3.35. The lowest BCUT2D eigenvalue weighted by Crippen LogP contribution is -2.23. The Hall–Kier alpha value is -0.970. The molecule has 0 saturated carbocycles. The largest absolute Gasteiger partial charge is 0.325 e. The van der Waals surface area contributed by atoms with Crippen molar-refractivity contribution in [3.63, 3.8) is 0 Å². The topological polar surface area (TPSA) is 29.1 Å². The second-order valence-electron chi connectivity index (χ2n) is 4.98. The van der Waals surface area contributed by atoms with Crippen molar-refractivity contribution in [1.82, 2.24) is 0 Å². The number of hydrogen-bond donors (Lipinski definition) is 1. The minimum atomic E-state index is -0.141. The first kappa shape index (κ1) is 17.4. The van der Waals surface area contributed by atoms with Gasteiger partial charge in [-0.15, -0.1) is 11.8 Å². The van der Waals surface area contributed by atoms with E-state index in [-0.39, 0.29) is 11.2 Å². The predicted octanol–water partition coefficient (Wildman–Crippen LogP) is 5.67. The van der Waals surface area contributed by atoms with Gasteiger partial charge in [0, 0.05) is 20.9 Å². The van der Waals surface area contributed by atoms with Gasteiger partial charge in [0.05, 0.1) is 5.25 Å². The summed E-state index contributed by atoms with van der Waals surface area (Å²) < 4.78 is 1.05. The number of nitrogens with one attached hydrogen (secondary N) is 1. The van der Waals surface area contributed by atoms with Crippen LogP contribution in [-0.4, -0.2) is 11.2 Å². The highest BCUT2D eigenvalue weighted by Gasteiger charge is 2.15. The summed E-state index contributed by atoms with van der Waals surface area (Å²) >= 11 is 11.1. The Bertz CT molecular complexity index is 677. The van der Waals surface area contributed by atoms with Crippen molar-refractivity contribution in [3.8, 4) is 0 Å². The maximum absolute atomic E-state index is 12.3. The zero-order chi connectivity index (χ0) is 16.1. The number of carbonyl (C=O) groups is 1. The molecule has 1 atom stereocenters. The van der Waals surface area contributed by atoms with Crippen LogP contribution in [-0.2, 0) is 10.5 Å². The summed E-state index contributed by atoms with van der Waals surface area (Å²) in [6, 6.07) is 13.6. The van der Waals surface area contributed by atoms with Crippen LogP contribution in [0.15, 0.2) is 46.9 Å². The van der Waals surface area contributed by atoms with Crippen LogP contribution in [0.4, 0.5) is 5.69 Å². The molecule has 1 N–H and O–H groups in total. The van der Waals surface area contributed by atoms with Crippen molar-refractivity contribution < 1.29 is 4.79 Å². The van der Waals surface area contributed by atoms with E-state index >= 15 is 0 Å². The van der Waals surface area contributed by atoms with E-state index in [0.717, 1.165) is 21.5 Å². The molecule has 2 aromatic carbocycles. The molecule has 0 unspecified atom stereocenters. The lowest BCUT2D eigenvalue weighted by Gasteiger charge is -2.14. The molecule has 0 aromatic heterocycles. The fraction of sp³-hybridized carbons (Fsp3) is 0.235. The average molecular weight is 399 g/mol. The Kier molecular flexibility index (Phi) is 6.36. The highest BCUT2D eigenvalue weighted by Crippen LogP contribution is 2.25. The van der Waals surface area contributed by atoms with Crippen LogP contribution in [0.3, 0.4) is 0 Å². The Morgan fingerprint density at radius 3 is 2.77 bits per heavy atom. The molecular formula is C17H17BrClNOS. The van der Waals surface area contributed by atoms with Gasteiger partial charge in [-0.05, 0) is 49.2 Å². The van der Waals surface area contributed by atoms with E-state index in [9.17, 15) is 4.79 Å². The Labute approximate surface area is 148 Å². The molecule has 2 rings (SSSR count). The van der Waals surface area contributed by atoms with Gasteiger partial charge in [0.1, 0.15) is 0 Å². The Balaban J connectivity index is 1.93. The van der Waals surface area contributed by atoms with Crippen molar-refractivity contribution in [2.45, 2.75) is 24.9 Å². The second-order valence-corrected chi connectivity index (χ2v) is 7.64. The maximum atomic E-state index is 12.3. The molecular weight excluding hydrogens is 382 g/mol. The molecule has 0 bridgehead atoms. The third-order valence-corrected chi connectivity index (χ3v) is 5.40. The molecule has 0 aliphatic rings. The quantitative estimate of drug-likeness (QED) is 0.703. The third kappa shape index (κ3) is 4.77. The number of carbonyl (C=O) groups excluding carboxylic acids is 1. The lowest BCUT2D eigenvalue weighted by atomic mass is 10.2. The zero-order valence-electron chi connectivity index (χ0n) is 12.4. The molecule has 0 aliphatic carbocycles. The van der Waals surface area contributed by atoms with Crippen LogP contribution in [0.5, 0.6) is 0 Å². The van der Waals surface area contributed by atoms with Gasteiger partial charge >= 0.3 is 0 Å². The molecule has 2 aromatic rings.